The summed E-state index contributed by atoms with van der Waals surface area (Å²) in [5, 5.41) is 10.2. The Morgan fingerprint density at radius 1 is 0.750 bits per heavy atom. The molecule has 0 unspecified atom stereocenters. The Labute approximate surface area is 169 Å². The molecule has 28 heavy (non-hydrogen) atoms. The summed E-state index contributed by atoms with van der Waals surface area (Å²) in [5.41, 5.74) is 4.37. The highest BCUT2D eigenvalue weighted by Crippen LogP contribution is 2.25. The van der Waals surface area contributed by atoms with Gasteiger partial charge >= 0.3 is 0 Å². The van der Waals surface area contributed by atoms with Crippen molar-refractivity contribution in [3.05, 3.63) is 89.0 Å². The van der Waals surface area contributed by atoms with E-state index in [0.717, 1.165) is 28.8 Å². The van der Waals surface area contributed by atoms with Crippen LogP contribution >= 0.6 is 11.8 Å². The summed E-state index contributed by atoms with van der Waals surface area (Å²) in [7, 11) is 0. The van der Waals surface area contributed by atoms with E-state index in [2.05, 4.69) is 36.1 Å². The van der Waals surface area contributed by atoms with Crippen molar-refractivity contribution < 1.29 is 8.78 Å². The zero-order valence-corrected chi connectivity index (χ0v) is 16.7. The van der Waals surface area contributed by atoms with Gasteiger partial charge in [0.1, 0.15) is 17.0 Å². The minimum Gasteiger partial charge on any atom is -0.206 e. The lowest BCUT2D eigenvalue weighted by molar-refractivity contribution is 0.540. The fourth-order valence-corrected chi connectivity index (χ4v) is 2.82. The van der Waals surface area contributed by atoms with Crippen molar-refractivity contribution in [2.45, 2.75) is 25.7 Å². The molecular formula is C24H19F2NS. The minimum absolute atomic E-state index is 0.227. The first-order valence-electron chi connectivity index (χ1n) is 8.81. The lowest BCUT2D eigenvalue weighted by Crippen LogP contribution is -1.89. The van der Waals surface area contributed by atoms with Crippen molar-refractivity contribution in [1.82, 2.24) is 0 Å². The predicted octanol–water partition coefficient (Wildman–Crippen LogP) is 6.94. The van der Waals surface area contributed by atoms with Crippen LogP contribution in [-0.2, 0) is 0 Å². The molecule has 3 rings (SSSR count). The van der Waals surface area contributed by atoms with Crippen molar-refractivity contribution >= 4 is 11.8 Å². The molecule has 140 valence electrons. The number of nitrogens with zero attached hydrogens (tertiary/aromatic N) is 1. The second-order valence-corrected chi connectivity index (χ2v) is 6.45. The third-order valence-corrected chi connectivity index (χ3v) is 4.45. The van der Waals surface area contributed by atoms with Gasteiger partial charge in [-0.1, -0.05) is 67.6 Å². The van der Waals surface area contributed by atoms with Crippen LogP contribution in [0.4, 0.5) is 8.78 Å². The van der Waals surface area contributed by atoms with E-state index in [1.165, 1.54) is 5.56 Å². The Balaban J connectivity index is 0.00000136. The molecule has 0 heterocycles. The summed E-state index contributed by atoms with van der Waals surface area (Å²) >= 11 is 0.459. The zero-order valence-electron chi connectivity index (χ0n) is 15.9. The summed E-state index contributed by atoms with van der Waals surface area (Å²) in [4.78, 5) is -0.305. The first kappa shape index (κ1) is 21.2. The Kier molecular flexibility index (Phi) is 7.81. The van der Waals surface area contributed by atoms with Gasteiger partial charge in [0.2, 0.25) is 0 Å². The fraction of sp³-hybridized carbons (Fsp3) is 0.125. The number of hydrogen-bond donors (Lipinski definition) is 0. The quantitative estimate of drug-likeness (QED) is 0.268. The molecule has 0 atom stereocenters. The van der Waals surface area contributed by atoms with Crippen molar-refractivity contribution in [2.75, 3.05) is 0 Å². The molecule has 0 spiro atoms. The number of thioether (sulfide) groups is 1. The van der Waals surface area contributed by atoms with E-state index in [1.807, 2.05) is 45.0 Å². The average Bonchev–Trinajstić information content (AvgIpc) is 2.72. The fourth-order valence-electron chi connectivity index (χ4n) is 2.41. The lowest BCUT2D eigenvalue weighted by atomic mass is 10.0. The van der Waals surface area contributed by atoms with Crippen LogP contribution in [0.1, 0.15) is 30.5 Å². The second kappa shape index (κ2) is 10.3. The molecule has 3 aromatic carbocycles. The van der Waals surface area contributed by atoms with Gasteiger partial charge in [-0.05, 0) is 54.1 Å². The second-order valence-electron chi connectivity index (χ2n) is 5.66. The van der Waals surface area contributed by atoms with Gasteiger partial charge in [0, 0.05) is 11.1 Å². The number of halogens is 2. The Hall–Kier alpha value is -3.08. The molecule has 0 saturated heterocycles. The number of aryl methyl sites for hydroxylation is 1. The first-order valence-corrected chi connectivity index (χ1v) is 9.62. The third-order valence-electron chi connectivity index (χ3n) is 3.77. The lowest BCUT2D eigenvalue weighted by Gasteiger charge is -2.02. The molecule has 0 aliphatic heterocycles. The highest BCUT2D eigenvalue weighted by atomic mass is 32.2. The van der Waals surface area contributed by atoms with Crippen LogP contribution in [0, 0.1) is 41.1 Å². The van der Waals surface area contributed by atoms with E-state index in [-0.39, 0.29) is 10.5 Å². The highest BCUT2D eigenvalue weighted by Gasteiger charge is 2.11. The van der Waals surface area contributed by atoms with E-state index in [9.17, 15) is 8.78 Å². The maximum absolute atomic E-state index is 13.8. The topological polar surface area (TPSA) is 23.8 Å². The van der Waals surface area contributed by atoms with E-state index >= 15 is 0 Å². The Morgan fingerprint density at radius 3 is 1.71 bits per heavy atom. The molecule has 0 bridgehead atoms. The van der Waals surface area contributed by atoms with E-state index in [1.54, 1.807) is 5.40 Å². The molecule has 0 N–H and O–H groups in total. The molecule has 4 heteroatoms. The van der Waals surface area contributed by atoms with Gasteiger partial charge in [-0.15, -0.1) is 0 Å². The van der Waals surface area contributed by atoms with Crippen molar-refractivity contribution in [3.63, 3.8) is 0 Å². The standard InChI is InChI=1S/C22H13F2NS.C2H6/c1-15-2-8-18(9-3-15)19-10-6-16(7-11-19)4-5-17-12-20(23)22(26-14-25)21(24)13-17;1-2/h2-3,6-13H,1H3;1-2H3. The van der Waals surface area contributed by atoms with E-state index < -0.39 is 11.6 Å². The molecule has 0 aliphatic carbocycles. The third kappa shape index (κ3) is 5.46. The van der Waals surface area contributed by atoms with Gasteiger partial charge in [0.15, 0.2) is 0 Å². The van der Waals surface area contributed by atoms with E-state index in [0.29, 0.717) is 11.8 Å². The summed E-state index contributed by atoms with van der Waals surface area (Å²) in [6.07, 6.45) is 0. The molecular weight excluding hydrogens is 372 g/mol. The molecule has 0 fully saturated rings. The van der Waals surface area contributed by atoms with Gasteiger partial charge in [0.25, 0.3) is 0 Å². The molecule has 0 radical (unpaired) electrons. The summed E-state index contributed by atoms with van der Waals surface area (Å²) < 4.78 is 27.6. The largest absolute Gasteiger partial charge is 0.206 e. The molecule has 3 aromatic rings. The monoisotopic (exact) mass is 391 g/mol. The summed E-state index contributed by atoms with van der Waals surface area (Å²) in [6, 6.07) is 18.2. The van der Waals surface area contributed by atoms with Crippen LogP contribution in [0.3, 0.4) is 0 Å². The van der Waals surface area contributed by atoms with Crippen molar-refractivity contribution in [1.29, 1.82) is 5.26 Å². The first-order chi connectivity index (χ1) is 13.6. The SMILES string of the molecule is CC.Cc1ccc(-c2ccc(C#Cc3cc(F)c(SC#N)c(F)c3)cc2)cc1. The highest BCUT2D eigenvalue weighted by molar-refractivity contribution is 8.03. The van der Waals surface area contributed by atoms with Crippen molar-refractivity contribution in [2.24, 2.45) is 0 Å². The molecule has 0 aliphatic rings. The van der Waals surface area contributed by atoms with Crippen LogP contribution < -0.4 is 0 Å². The Morgan fingerprint density at radius 2 is 1.21 bits per heavy atom. The molecule has 0 amide bonds. The normalized spacial score (nSPS) is 9.43. The maximum atomic E-state index is 13.8. The molecule has 0 saturated carbocycles. The van der Waals surface area contributed by atoms with E-state index in [4.69, 9.17) is 5.26 Å². The van der Waals surface area contributed by atoms with Gasteiger partial charge in [0.05, 0.1) is 4.90 Å². The van der Waals surface area contributed by atoms with Gasteiger partial charge in [-0.3, -0.25) is 0 Å². The number of thiocyanates is 1. The number of nitriles is 1. The van der Waals surface area contributed by atoms with Gasteiger partial charge in [-0.25, -0.2) is 8.78 Å². The van der Waals surface area contributed by atoms with Crippen LogP contribution in [0.2, 0.25) is 0 Å². The molecule has 0 aromatic heterocycles. The van der Waals surface area contributed by atoms with Crippen LogP contribution in [0.15, 0.2) is 65.6 Å². The van der Waals surface area contributed by atoms with Crippen LogP contribution in [0.25, 0.3) is 11.1 Å². The van der Waals surface area contributed by atoms with Gasteiger partial charge < -0.3 is 0 Å². The Bertz CT molecular complexity index is 1010. The predicted molar refractivity (Wildman–Crippen MR) is 112 cm³/mol. The smallest absolute Gasteiger partial charge is 0.142 e. The van der Waals surface area contributed by atoms with Crippen molar-refractivity contribution in [3.8, 4) is 28.4 Å². The average molecular weight is 391 g/mol. The van der Waals surface area contributed by atoms with Crippen LogP contribution in [-0.4, -0.2) is 0 Å². The molecule has 1 nitrogen and oxygen atoms in total. The van der Waals surface area contributed by atoms with Crippen LogP contribution in [0.5, 0.6) is 0 Å². The summed E-state index contributed by atoms with van der Waals surface area (Å²) in [5.74, 6) is 4.09. The number of rotatable bonds is 2. The maximum Gasteiger partial charge on any atom is 0.142 e. The zero-order chi connectivity index (χ0) is 20.5. The number of hydrogen-bond acceptors (Lipinski definition) is 2. The number of benzene rings is 3. The van der Waals surface area contributed by atoms with Gasteiger partial charge in [-0.2, -0.15) is 5.26 Å². The summed E-state index contributed by atoms with van der Waals surface area (Å²) in [6.45, 7) is 6.04. The minimum atomic E-state index is -0.782.